The van der Waals surface area contributed by atoms with Gasteiger partial charge in [0.15, 0.2) is 0 Å². The Morgan fingerprint density at radius 1 is 1.35 bits per heavy atom. The van der Waals surface area contributed by atoms with Crippen molar-refractivity contribution in [1.82, 2.24) is 15.4 Å². The van der Waals surface area contributed by atoms with Gasteiger partial charge in [-0.1, -0.05) is 37.8 Å². The molecule has 0 unspecified atom stereocenters. The summed E-state index contributed by atoms with van der Waals surface area (Å²) in [6.07, 6.45) is 16.2. The molecule has 0 bridgehead atoms. The molecule has 2 aromatic heterocycles. The van der Waals surface area contributed by atoms with Crippen LogP contribution in [0.1, 0.15) is 19.8 Å². The lowest BCUT2D eigenvalue weighted by Gasteiger charge is -2.16. The fraction of sp³-hybridized carbons (Fsp3) is 0.211. The second kappa shape index (κ2) is 7.11. The molecule has 0 saturated heterocycles. The van der Waals surface area contributed by atoms with Crippen LogP contribution in [0.4, 0.5) is 5.69 Å². The number of hydrogen-bond donors (Lipinski definition) is 2. The zero-order valence-electron chi connectivity index (χ0n) is 13.4. The van der Waals surface area contributed by atoms with Crippen molar-refractivity contribution in [1.29, 1.82) is 0 Å². The highest BCUT2D eigenvalue weighted by Gasteiger charge is 2.17. The summed E-state index contributed by atoms with van der Waals surface area (Å²) in [4.78, 5) is 7.47. The van der Waals surface area contributed by atoms with Crippen LogP contribution in [-0.4, -0.2) is 16.5 Å². The normalized spacial score (nSPS) is 15.2. The van der Waals surface area contributed by atoms with Crippen molar-refractivity contribution in [3.05, 3.63) is 72.8 Å². The van der Waals surface area contributed by atoms with Crippen LogP contribution in [0.5, 0.6) is 0 Å². The molecule has 0 spiro atoms. The third-order valence-electron chi connectivity index (χ3n) is 3.86. The first kappa shape index (κ1) is 15.3. The maximum Gasteiger partial charge on any atom is 0.139 e. The molecular weight excluding hydrogens is 284 g/mol. The van der Waals surface area contributed by atoms with Gasteiger partial charge in [0, 0.05) is 30.5 Å². The summed E-state index contributed by atoms with van der Waals surface area (Å²) in [6, 6.07) is 4.06. The van der Waals surface area contributed by atoms with Crippen LogP contribution < -0.4 is 10.4 Å². The second-order valence-corrected chi connectivity index (χ2v) is 5.50. The van der Waals surface area contributed by atoms with Crippen LogP contribution in [0, 0.1) is 0 Å². The van der Waals surface area contributed by atoms with Crippen molar-refractivity contribution in [2.75, 3.05) is 11.6 Å². The van der Waals surface area contributed by atoms with E-state index in [0.717, 1.165) is 41.7 Å². The molecule has 0 aromatic carbocycles. The lowest BCUT2D eigenvalue weighted by molar-refractivity contribution is 0.807. The summed E-state index contributed by atoms with van der Waals surface area (Å²) in [5.74, 6) is 0. The number of nitrogens with zero attached hydrogens (tertiary/aromatic N) is 2. The quantitative estimate of drug-likeness (QED) is 0.785. The second-order valence-electron chi connectivity index (χ2n) is 5.50. The number of anilines is 1. The first-order valence-corrected chi connectivity index (χ1v) is 7.95. The van der Waals surface area contributed by atoms with Crippen LogP contribution in [-0.2, 0) is 0 Å². The fourth-order valence-electron chi connectivity index (χ4n) is 2.58. The van der Waals surface area contributed by atoms with Crippen LogP contribution in [0.2, 0.25) is 0 Å². The van der Waals surface area contributed by atoms with Crippen LogP contribution in [0.15, 0.2) is 72.8 Å². The largest absolute Gasteiger partial charge is 0.346 e. The van der Waals surface area contributed by atoms with Gasteiger partial charge in [0.05, 0.1) is 5.69 Å². The molecule has 0 fully saturated rings. The van der Waals surface area contributed by atoms with E-state index in [0.29, 0.717) is 0 Å². The molecular formula is C19H22N4. The van der Waals surface area contributed by atoms with Gasteiger partial charge < -0.3 is 4.98 Å². The Hall–Kier alpha value is -2.59. The number of nitrogens with one attached hydrogen (secondary N) is 2. The molecule has 23 heavy (non-hydrogen) atoms. The van der Waals surface area contributed by atoms with E-state index >= 15 is 0 Å². The van der Waals surface area contributed by atoms with Crippen molar-refractivity contribution in [3.8, 4) is 0 Å². The molecule has 1 aliphatic heterocycles. The number of aromatic amines is 1. The minimum Gasteiger partial charge on any atom is -0.346 e. The Bertz CT molecular complexity index is 780. The van der Waals surface area contributed by atoms with E-state index in [9.17, 15) is 0 Å². The van der Waals surface area contributed by atoms with Gasteiger partial charge in [0.2, 0.25) is 0 Å². The predicted molar refractivity (Wildman–Crippen MR) is 97.0 cm³/mol. The standard InChI is InChI=1S/C19H22N4/c1-3-4-5-6-7-8-15(2)16-13-22-23(14-16)18-10-12-21-19-17(18)9-11-20-19/h4-7,9-12,14,22H,2-3,8,13H2,1H3,(H,20,21)/b5-4-,7-6-. The third kappa shape index (κ3) is 3.43. The smallest absolute Gasteiger partial charge is 0.139 e. The molecule has 3 heterocycles. The molecule has 0 saturated carbocycles. The third-order valence-corrected chi connectivity index (χ3v) is 3.86. The van der Waals surface area contributed by atoms with E-state index in [4.69, 9.17) is 0 Å². The highest BCUT2D eigenvalue weighted by molar-refractivity contribution is 5.90. The number of H-pyrrole nitrogens is 1. The van der Waals surface area contributed by atoms with Gasteiger partial charge in [-0.05, 0) is 36.1 Å². The summed E-state index contributed by atoms with van der Waals surface area (Å²) in [6.45, 7) is 7.14. The Morgan fingerprint density at radius 2 is 2.22 bits per heavy atom. The van der Waals surface area contributed by atoms with E-state index in [2.05, 4.69) is 64.4 Å². The summed E-state index contributed by atoms with van der Waals surface area (Å²) in [5.41, 5.74) is 7.76. The molecule has 0 atom stereocenters. The minimum absolute atomic E-state index is 0.797. The minimum atomic E-state index is 0.797. The number of hydrogen-bond acceptors (Lipinski definition) is 3. The average molecular weight is 306 g/mol. The SMILES string of the molecule is C=C(C/C=C\C=C/CC)C1=CN(c2ccnc3[nH]ccc23)NC1. The molecule has 1 aliphatic rings. The average Bonchev–Trinajstić information content (AvgIpc) is 3.23. The van der Waals surface area contributed by atoms with E-state index in [-0.39, 0.29) is 0 Å². The van der Waals surface area contributed by atoms with E-state index in [1.807, 2.05) is 24.5 Å². The summed E-state index contributed by atoms with van der Waals surface area (Å²) in [7, 11) is 0. The van der Waals surface area contributed by atoms with Gasteiger partial charge in [0.25, 0.3) is 0 Å². The van der Waals surface area contributed by atoms with Crippen LogP contribution >= 0.6 is 0 Å². The van der Waals surface area contributed by atoms with Gasteiger partial charge in [-0.3, -0.25) is 5.01 Å². The number of rotatable bonds is 6. The number of allylic oxidation sites excluding steroid dienone is 4. The fourth-order valence-corrected chi connectivity index (χ4v) is 2.58. The van der Waals surface area contributed by atoms with Gasteiger partial charge in [-0.25, -0.2) is 10.4 Å². The number of aromatic nitrogens is 2. The van der Waals surface area contributed by atoms with E-state index in [1.165, 1.54) is 5.57 Å². The van der Waals surface area contributed by atoms with Crippen molar-refractivity contribution < 1.29 is 0 Å². The van der Waals surface area contributed by atoms with Crippen molar-refractivity contribution in [2.24, 2.45) is 0 Å². The zero-order valence-corrected chi connectivity index (χ0v) is 13.4. The molecule has 2 N–H and O–H groups in total. The molecule has 2 aromatic rings. The van der Waals surface area contributed by atoms with Crippen molar-refractivity contribution in [3.63, 3.8) is 0 Å². The van der Waals surface area contributed by atoms with E-state index < -0.39 is 0 Å². The lowest BCUT2D eigenvalue weighted by atomic mass is 10.1. The first-order valence-electron chi connectivity index (χ1n) is 7.95. The Labute approximate surface area is 136 Å². The molecule has 0 aliphatic carbocycles. The number of hydrazine groups is 1. The van der Waals surface area contributed by atoms with Crippen molar-refractivity contribution >= 4 is 16.7 Å². The molecule has 3 rings (SSSR count). The molecule has 0 amide bonds. The highest BCUT2D eigenvalue weighted by Crippen LogP contribution is 2.27. The van der Waals surface area contributed by atoms with Gasteiger partial charge in [0.1, 0.15) is 5.65 Å². The highest BCUT2D eigenvalue weighted by atomic mass is 15.5. The maximum absolute atomic E-state index is 4.33. The molecule has 118 valence electrons. The topological polar surface area (TPSA) is 44.0 Å². The van der Waals surface area contributed by atoms with Crippen molar-refractivity contribution in [2.45, 2.75) is 19.8 Å². The molecule has 4 heteroatoms. The number of fused-ring (bicyclic) bond motifs is 1. The molecule has 4 nitrogen and oxygen atoms in total. The first-order chi connectivity index (χ1) is 11.3. The van der Waals surface area contributed by atoms with Gasteiger partial charge >= 0.3 is 0 Å². The maximum atomic E-state index is 4.33. The Balaban J connectivity index is 1.71. The van der Waals surface area contributed by atoms with Gasteiger partial charge in [-0.2, -0.15) is 0 Å². The van der Waals surface area contributed by atoms with Crippen LogP contribution in [0.25, 0.3) is 11.0 Å². The zero-order chi connectivity index (χ0) is 16.1. The predicted octanol–water partition coefficient (Wildman–Crippen LogP) is 4.24. The summed E-state index contributed by atoms with van der Waals surface area (Å²) in [5, 5.41) is 3.16. The van der Waals surface area contributed by atoms with Gasteiger partial charge in [-0.15, -0.1) is 0 Å². The Kier molecular flexibility index (Phi) is 4.74. The monoisotopic (exact) mass is 306 g/mol. The number of pyridine rings is 1. The summed E-state index contributed by atoms with van der Waals surface area (Å²) >= 11 is 0. The lowest BCUT2D eigenvalue weighted by Crippen LogP contribution is -2.28. The molecule has 0 radical (unpaired) electrons. The Morgan fingerprint density at radius 3 is 3.09 bits per heavy atom. The van der Waals surface area contributed by atoms with E-state index in [1.54, 1.807) is 0 Å². The van der Waals surface area contributed by atoms with Crippen LogP contribution in [0.3, 0.4) is 0 Å². The summed E-state index contributed by atoms with van der Waals surface area (Å²) < 4.78 is 0.